The van der Waals surface area contributed by atoms with Gasteiger partial charge in [0, 0.05) is 28.7 Å². The maximum atomic E-state index is 12.5. The molecule has 0 atom stereocenters. The van der Waals surface area contributed by atoms with Crippen LogP contribution < -0.4 is 11.1 Å². The molecule has 4 nitrogen and oxygen atoms in total. The van der Waals surface area contributed by atoms with Crippen molar-refractivity contribution in [2.75, 3.05) is 0 Å². The molecule has 0 bridgehead atoms. The van der Waals surface area contributed by atoms with Crippen molar-refractivity contribution in [2.45, 2.75) is 37.8 Å². The summed E-state index contributed by atoms with van der Waals surface area (Å²) in [6, 6.07) is 7.70. The fourth-order valence-corrected chi connectivity index (χ4v) is 3.08. The first-order chi connectivity index (χ1) is 10.1. The Kier molecular flexibility index (Phi) is 4.08. The number of pyridine rings is 1. The molecular formula is C16H18ClN3O. The van der Waals surface area contributed by atoms with E-state index in [1.165, 1.54) is 0 Å². The summed E-state index contributed by atoms with van der Waals surface area (Å²) in [5.74, 6) is -0.110. The van der Waals surface area contributed by atoms with E-state index in [0.29, 0.717) is 16.1 Å². The van der Waals surface area contributed by atoms with Gasteiger partial charge in [-0.1, -0.05) is 17.7 Å². The van der Waals surface area contributed by atoms with Crippen molar-refractivity contribution < 1.29 is 4.79 Å². The van der Waals surface area contributed by atoms with Crippen LogP contribution in [0.15, 0.2) is 30.5 Å². The van der Waals surface area contributed by atoms with Crippen molar-refractivity contribution in [1.29, 1.82) is 0 Å². The lowest BCUT2D eigenvalue weighted by molar-refractivity contribution is 0.0927. The van der Waals surface area contributed by atoms with Gasteiger partial charge in [0.2, 0.25) is 0 Å². The minimum Gasteiger partial charge on any atom is -0.349 e. The zero-order valence-electron chi connectivity index (χ0n) is 11.7. The van der Waals surface area contributed by atoms with Gasteiger partial charge < -0.3 is 11.1 Å². The van der Waals surface area contributed by atoms with Gasteiger partial charge in [-0.3, -0.25) is 9.78 Å². The number of carbonyl (C=O) groups is 1. The molecule has 1 fully saturated rings. The molecule has 1 heterocycles. The average Bonchev–Trinajstić information content (AvgIpc) is 2.48. The molecule has 2 aromatic rings. The van der Waals surface area contributed by atoms with E-state index in [9.17, 15) is 4.79 Å². The largest absolute Gasteiger partial charge is 0.349 e. The number of benzene rings is 1. The Balaban J connectivity index is 1.84. The molecular weight excluding hydrogens is 286 g/mol. The van der Waals surface area contributed by atoms with Crippen LogP contribution in [-0.2, 0) is 0 Å². The number of rotatable bonds is 2. The molecule has 0 aliphatic heterocycles. The van der Waals surface area contributed by atoms with E-state index in [4.69, 9.17) is 17.3 Å². The fraction of sp³-hybridized carbons (Fsp3) is 0.375. The number of amides is 1. The van der Waals surface area contributed by atoms with Crippen LogP contribution in [0.5, 0.6) is 0 Å². The predicted octanol–water partition coefficient (Wildman–Crippen LogP) is 2.89. The van der Waals surface area contributed by atoms with Gasteiger partial charge in [0.1, 0.15) is 0 Å². The lowest BCUT2D eigenvalue weighted by Crippen LogP contribution is -2.40. The Hall–Kier alpha value is -1.65. The highest BCUT2D eigenvalue weighted by atomic mass is 35.5. The Morgan fingerprint density at radius 2 is 2.05 bits per heavy atom. The first kappa shape index (κ1) is 14.3. The Morgan fingerprint density at radius 3 is 2.81 bits per heavy atom. The van der Waals surface area contributed by atoms with Gasteiger partial charge in [-0.2, -0.15) is 0 Å². The number of nitrogens with one attached hydrogen (secondary N) is 1. The SMILES string of the molecule is NC1CCC(NC(=O)c2cc(Cl)cc3cccnc23)CC1. The summed E-state index contributed by atoms with van der Waals surface area (Å²) in [4.78, 5) is 16.8. The number of hydrogen-bond acceptors (Lipinski definition) is 3. The van der Waals surface area contributed by atoms with E-state index < -0.39 is 0 Å². The van der Waals surface area contributed by atoms with E-state index >= 15 is 0 Å². The number of fused-ring (bicyclic) bond motifs is 1. The average molecular weight is 304 g/mol. The monoisotopic (exact) mass is 303 g/mol. The van der Waals surface area contributed by atoms with Crippen LogP contribution in [0.4, 0.5) is 0 Å². The number of carbonyl (C=O) groups excluding carboxylic acids is 1. The first-order valence-corrected chi connectivity index (χ1v) is 7.62. The molecule has 1 amide bonds. The third-order valence-electron chi connectivity index (χ3n) is 4.02. The van der Waals surface area contributed by atoms with Crippen LogP contribution in [0.3, 0.4) is 0 Å². The molecule has 0 saturated heterocycles. The number of nitrogens with two attached hydrogens (primary N) is 1. The van der Waals surface area contributed by atoms with Gasteiger partial charge in [-0.25, -0.2) is 0 Å². The standard InChI is InChI=1S/C16H18ClN3O/c17-11-8-10-2-1-7-19-15(10)14(9-11)16(21)20-13-5-3-12(18)4-6-13/h1-2,7-9,12-13H,3-6,18H2,(H,20,21). The topological polar surface area (TPSA) is 68.0 Å². The van der Waals surface area contributed by atoms with E-state index in [1.807, 2.05) is 18.2 Å². The van der Waals surface area contributed by atoms with E-state index in [-0.39, 0.29) is 18.0 Å². The second-order valence-electron chi connectivity index (χ2n) is 5.61. The Morgan fingerprint density at radius 1 is 1.29 bits per heavy atom. The minimum atomic E-state index is -0.110. The van der Waals surface area contributed by atoms with E-state index in [0.717, 1.165) is 31.1 Å². The van der Waals surface area contributed by atoms with Crippen molar-refractivity contribution in [3.05, 3.63) is 41.0 Å². The maximum absolute atomic E-state index is 12.5. The van der Waals surface area contributed by atoms with Gasteiger partial charge in [-0.15, -0.1) is 0 Å². The predicted molar refractivity (Wildman–Crippen MR) is 84.5 cm³/mol. The number of hydrogen-bond donors (Lipinski definition) is 2. The van der Waals surface area contributed by atoms with Crippen molar-refractivity contribution in [1.82, 2.24) is 10.3 Å². The summed E-state index contributed by atoms with van der Waals surface area (Å²) in [6.45, 7) is 0. The summed E-state index contributed by atoms with van der Waals surface area (Å²) in [6.07, 6.45) is 5.46. The highest BCUT2D eigenvalue weighted by Crippen LogP contribution is 2.23. The van der Waals surface area contributed by atoms with Crippen LogP contribution in [0.2, 0.25) is 5.02 Å². The van der Waals surface area contributed by atoms with Crippen LogP contribution in [-0.4, -0.2) is 23.0 Å². The highest BCUT2D eigenvalue weighted by Gasteiger charge is 2.21. The molecule has 1 aromatic carbocycles. The molecule has 5 heteroatoms. The molecule has 1 aliphatic rings. The molecule has 1 saturated carbocycles. The van der Waals surface area contributed by atoms with Crippen LogP contribution in [0.25, 0.3) is 10.9 Å². The third kappa shape index (κ3) is 3.17. The van der Waals surface area contributed by atoms with Crippen LogP contribution in [0, 0.1) is 0 Å². The maximum Gasteiger partial charge on any atom is 0.253 e. The number of aromatic nitrogens is 1. The first-order valence-electron chi connectivity index (χ1n) is 7.24. The van der Waals surface area contributed by atoms with Gasteiger partial charge in [0.05, 0.1) is 11.1 Å². The van der Waals surface area contributed by atoms with E-state index in [2.05, 4.69) is 10.3 Å². The summed E-state index contributed by atoms with van der Waals surface area (Å²) >= 11 is 6.11. The third-order valence-corrected chi connectivity index (χ3v) is 4.24. The highest BCUT2D eigenvalue weighted by molar-refractivity contribution is 6.32. The van der Waals surface area contributed by atoms with Crippen LogP contribution in [0.1, 0.15) is 36.0 Å². The smallest absolute Gasteiger partial charge is 0.253 e. The lowest BCUT2D eigenvalue weighted by Gasteiger charge is -2.26. The molecule has 3 N–H and O–H groups in total. The number of halogens is 1. The van der Waals surface area contributed by atoms with Crippen molar-refractivity contribution >= 4 is 28.4 Å². The molecule has 110 valence electrons. The van der Waals surface area contributed by atoms with Crippen LogP contribution >= 0.6 is 11.6 Å². The minimum absolute atomic E-state index is 0.110. The summed E-state index contributed by atoms with van der Waals surface area (Å²) in [5.41, 5.74) is 7.12. The van der Waals surface area contributed by atoms with Gasteiger partial charge >= 0.3 is 0 Å². The van der Waals surface area contributed by atoms with Gasteiger partial charge in [0.15, 0.2) is 0 Å². The molecule has 0 radical (unpaired) electrons. The fourth-order valence-electron chi connectivity index (χ4n) is 2.86. The van der Waals surface area contributed by atoms with E-state index in [1.54, 1.807) is 12.3 Å². The van der Waals surface area contributed by atoms with Gasteiger partial charge in [-0.05, 0) is 43.9 Å². The van der Waals surface area contributed by atoms with Crippen molar-refractivity contribution in [2.24, 2.45) is 5.73 Å². The van der Waals surface area contributed by atoms with Crippen molar-refractivity contribution in [3.8, 4) is 0 Å². The Labute approximate surface area is 128 Å². The normalized spacial score (nSPS) is 22.2. The zero-order chi connectivity index (χ0) is 14.8. The molecule has 1 aliphatic carbocycles. The number of nitrogens with zero attached hydrogens (tertiary/aromatic N) is 1. The molecule has 3 rings (SSSR count). The summed E-state index contributed by atoms with van der Waals surface area (Å²) in [7, 11) is 0. The summed E-state index contributed by atoms with van der Waals surface area (Å²) in [5, 5.41) is 4.51. The van der Waals surface area contributed by atoms with Crippen molar-refractivity contribution in [3.63, 3.8) is 0 Å². The Bertz CT molecular complexity index is 666. The quantitative estimate of drug-likeness (QED) is 0.896. The molecule has 0 spiro atoms. The second-order valence-corrected chi connectivity index (χ2v) is 6.05. The molecule has 21 heavy (non-hydrogen) atoms. The zero-order valence-corrected chi connectivity index (χ0v) is 12.4. The molecule has 0 unspecified atom stereocenters. The second kappa shape index (κ2) is 6.00. The molecule has 1 aromatic heterocycles. The lowest BCUT2D eigenvalue weighted by atomic mass is 9.91. The van der Waals surface area contributed by atoms with Gasteiger partial charge in [0.25, 0.3) is 5.91 Å². The summed E-state index contributed by atoms with van der Waals surface area (Å²) < 4.78 is 0.